The van der Waals surface area contributed by atoms with Crippen LogP contribution in [0.5, 0.6) is 5.75 Å². The maximum atomic E-state index is 15.5. The molecule has 2 aliphatic heterocycles. The Labute approximate surface area is 218 Å². The normalized spacial score (nSPS) is 17.7. The van der Waals surface area contributed by atoms with Crippen molar-refractivity contribution in [3.8, 4) is 5.75 Å². The number of pyridine rings is 1. The third kappa shape index (κ3) is 4.32. The molecule has 12 heteroatoms. The molecule has 0 fully saturated rings. The first kappa shape index (κ1) is 25.8. The lowest BCUT2D eigenvalue weighted by Gasteiger charge is -2.46. The van der Waals surface area contributed by atoms with Crippen LogP contribution < -0.4 is 15.2 Å². The fourth-order valence-electron chi connectivity index (χ4n) is 4.74. The summed E-state index contributed by atoms with van der Waals surface area (Å²) in [6.07, 6.45) is -3.58. The minimum Gasteiger partial charge on any atom is -0.420 e. The minimum absolute atomic E-state index is 0.234. The van der Waals surface area contributed by atoms with Gasteiger partial charge in [0.25, 0.3) is 5.91 Å². The van der Waals surface area contributed by atoms with Gasteiger partial charge in [-0.3, -0.25) is 24.1 Å². The number of esters is 1. The second-order valence-corrected chi connectivity index (χ2v) is 9.93. The molecule has 38 heavy (non-hydrogen) atoms. The number of hydrogen-bond donors (Lipinski definition) is 0. The summed E-state index contributed by atoms with van der Waals surface area (Å²) in [6.45, 7) is 1.24. The van der Waals surface area contributed by atoms with Gasteiger partial charge < -0.3 is 9.64 Å². The second-order valence-electron chi connectivity index (χ2n) is 8.91. The molecule has 0 saturated heterocycles. The molecule has 0 bridgehead atoms. The van der Waals surface area contributed by atoms with Gasteiger partial charge in [0.1, 0.15) is 24.6 Å². The van der Waals surface area contributed by atoms with E-state index in [1.54, 1.807) is 30.3 Å². The first-order valence-corrected chi connectivity index (χ1v) is 12.5. The van der Waals surface area contributed by atoms with Crippen molar-refractivity contribution < 1.29 is 31.9 Å². The number of thioether (sulfide) groups is 1. The number of rotatable bonds is 3. The molecule has 2 atom stereocenters. The molecule has 3 aromatic rings. The number of carbonyl (C=O) groups excluding carboxylic acids is 2. The Morgan fingerprint density at radius 2 is 1.84 bits per heavy atom. The summed E-state index contributed by atoms with van der Waals surface area (Å²) >= 11 is 1.45. The molecule has 1 amide bonds. The molecule has 0 unspecified atom stereocenters. The largest absolute Gasteiger partial charge is 0.420 e. The third-order valence-electron chi connectivity index (χ3n) is 6.57. The van der Waals surface area contributed by atoms with E-state index in [1.165, 1.54) is 33.7 Å². The molecule has 2 aliphatic rings. The molecular weight excluding hydrogens is 526 g/mol. The van der Waals surface area contributed by atoms with Crippen molar-refractivity contribution in [3.05, 3.63) is 93.2 Å². The highest BCUT2D eigenvalue weighted by Gasteiger charge is 2.48. The molecule has 0 N–H and O–H groups in total. The van der Waals surface area contributed by atoms with Crippen molar-refractivity contribution in [2.75, 3.05) is 11.7 Å². The lowest BCUT2D eigenvalue weighted by atomic mass is 9.93. The fourth-order valence-corrected chi connectivity index (χ4v) is 5.82. The van der Waals surface area contributed by atoms with Crippen molar-refractivity contribution in [2.24, 2.45) is 0 Å². The van der Waals surface area contributed by atoms with E-state index in [2.05, 4.69) is 0 Å². The Balaban J connectivity index is 1.82. The summed E-state index contributed by atoms with van der Waals surface area (Å²) in [6, 6.07) is 9.49. The topological polar surface area (TPSA) is 71.8 Å². The SMILES string of the molecule is CC(=O)Oc1c2n(ccc1=O)N([C@@H]1c3ccccc3SCc3cccc(F)c31)CN([C@H](C)C(F)(F)F)C2=O. The van der Waals surface area contributed by atoms with E-state index in [0.717, 1.165) is 24.8 Å². The standard InChI is InChI=1S/C26H21F4N3O4S/c1-14(26(28,29)30)31-13-33(32-11-10-19(35)24(37-15(2)34)23(32)25(31)36)22-17-7-3-4-9-20(17)38-12-16-6-5-8-18(27)21(16)22/h3-11,14,22H,12-13H2,1-2H3/t14-,22-/m1/s1. The Hall–Kier alpha value is -3.80. The van der Waals surface area contributed by atoms with E-state index in [9.17, 15) is 27.6 Å². The number of alkyl halides is 3. The molecule has 0 radical (unpaired) electrons. The van der Waals surface area contributed by atoms with Crippen LogP contribution in [0.15, 0.2) is 64.4 Å². The molecule has 0 saturated carbocycles. The first-order valence-electron chi connectivity index (χ1n) is 11.6. The summed E-state index contributed by atoms with van der Waals surface area (Å²) in [5.41, 5.74) is 0.0601. The summed E-state index contributed by atoms with van der Waals surface area (Å²) in [5.74, 6) is -2.93. The Morgan fingerprint density at radius 1 is 1.11 bits per heavy atom. The van der Waals surface area contributed by atoms with Gasteiger partial charge in [-0.05, 0) is 30.2 Å². The Kier molecular flexibility index (Phi) is 6.46. The van der Waals surface area contributed by atoms with Gasteiger partial charge in [-0.15, -0.1) is 11.8 Å². The van der Waals surface area contributed by atoms with Gasteiger partial charge in [-0.25, -0.2) is 4.39 Å². The number of nitrogens with zero attached hydrogens (tertiary/aromatic N) is 3. The summed E-state index contributed by atoms with van der Waals surface area (Å²) < 4.78 is 63.5. The van der Waals surface area contributed by atoms with Crippen LogP contribution >= 0.6 is 11.8 Å². The van der Waals surface area contributed by atoms with Crippen molar-refractivity contribution >= 4 is 23.6 Å². The van der Waals surface area contributed by atoms with Crippen LogP contribution in [-0.2, 0) is 10.5 Å². The summed E-state index contributed by atoms with van der Waals surface area (Å²) in [4.78, 5) is 39.3. The number of aromatic nitrogens is 1. The quantitative estimate of drug-likeness (QED) is 0.353. The van der Waals surface area contributed by atoms with Gasteiger partial charge in [0.15, 0.2) is 5.69 Å². The molecule has 3 heterocycles. The van der Waals surface area contributed by atoms with E-state index < -0.39 is 59.5 Å². The second kappa shape index (κ2) is 9.50. The van der Waals surface area contributed by atoms with Crippen molar-refractivity contribution in [1.82, 2.24) is 9.58 Å². The van der Waals surface area contributed by atoms with Crippen LogP contribution in [0, 0.1) is 5.82 Å². The molecule has 0 aliphatic carbocycles. The van der Waals surface area contributed by atoms with E-state index in [4.69, 9.17) is 4.74 Å². The van der Waals surface area contributed by atoms with Gasteiger partial charge >= 0.3 is 12.1 Å². The predicted molar refractivity (Wildman–Crippen MR) is 131 cm³/mol. The maximum absolute atomic E-state index is 15.5. The Morgan fingerprint density at radius 3 is 2.55 bits per heavy atom. The maximum Gasteiger partial charge on any atom is 0.408 e. The zero-order valence-corrected chi connectivity index (χ0v) is 21.0. The van der Waals surface area contributed by atoms with Crippen molar-refractivity contribution in [1.29, 1.82) is 0 Å². The van der Waals surface area contributed by atoms with Crippen molar-refractivity contribution in [2.45, 2.75) is 42.8 Å². The molecule has 0 spiro atoms. The fraction of sp³-hybridized carbons (Fsp3) is 0.269. The number of benzene rings is 2. The van der Waals surface area contributed by atoms with E-state index in [-0.39, 0.29) is 5.56 Å². The van der Waals surface area contributed by atoms with Gasteiger partial charge in [-0.2, -0.15) is 13.2 Å². The predicted octanol–water partition coefficient (Wildman–Crippen LogP) is 4.61. The smallest absolute Gasteiger partial charge is 0.408 e. The minimum atomic E-state index is -4.81. The number of carbonyl (C=O) groups is 2. The molecule has 1 aromatic heterocycles. The zero-order chi connectivity index (χ0) is 27.4. The monoisotopic (exact) mass is 547 g/mol. The average Bonchev–Trinajstić information content (AvgIpc) is 3.03. The van der Waals surface area contributed by atoms with Crippen LogP contribution in [0.25, 0.3) is 0 Å². The van der Waals surface area contributed by atoms with Crippen LogP contribution in [0.2, 0.25) is 0 Å². The Bertz CT molecular complexity index is 1510. The summed E-state index contributed by atoms with van der Waals surface area (Å²) in [5, 5.41) is 1.39. The van der Waals surface area contributed by atoms with E-state index >= 15 is 4.39 Å². The molecule has 198 valence electrons. The lowest BCUT2D eigenvalue weighted by Crippen LogP contribution is -2.60. The van der Waals surface area contributed by atoms with Gasteiger partial charge in [-0.1, -0.05) is 30.3 Å². The first-order chi connectivity index (χ1) is 18.0. The number of hydrogen-bond acceptors (Lipinski definition) is 6. The highest BCUT2D eigenvalue weighted by Crippen LogP contribution is 2.44. The number of halogens is 4. The van der Waals surface area contributed by atoms with Crippen LogP contribution in [0.1, 0.15) is 47.1 Å². The highest BCUT2D eigenvalue weighted by molar-refractivity contribution is 7.98. The van der Waals surface area contributed by atoms with Crippen molar-refractivity contribution in [3.63, 3.8) is 0 Å². The molecular formula is C26H21F4N3O4S. The van der Waals surface area contributed by atoms with E-state index in [0.29, 0.717) is 21.8 Å². The third-order valence-corrected chi connectivity index (χ3v) is 7.71. The van der Waals surface area contributed by atoms with Gasteiger partial charge in [0.05, 0.1) is 0 Å². The molecule has 2 aromatic carbocycles. The molecule has 5 rings (SSSR count). The average molecular weight is 548 g/mol. The van der Waals surface area contributed by atoms with Crippen LogP contribution in [0.4, 0.5) is 17.6 Å². The number of fused-ring (bicyclic) bond motifs is 3. The lowest BCUT2D eigenvalue weighted by molar-refractivity contribution is -0.173. The van der Waals surface area contributed by atoms with E-state index in [1.807, 2.05) is 6.07 Å². The van der Waals surface area contributed by atoms with Crippen LogP contribution in [-0.4, -0.2) is 40.3 Å². The number of ether oxygens (including phenoxy) is 1. The molecule has 7 nitrogen and oxygen atoms in total. The van der Waals surface area contributed by atoms with Crippen LogP contribution in [0.3, 0.4) is 0 Å². The van der Waals surface area contributed by atoms with Gasteiger partial charge in [0.2, 0.25) is 11.2 Å². The zero-order valence-electron chi connectivity index (χ0n) is 20.2. The van der Waals surface area contributed by atoms with Gasteiger partial charge in [0, 0.05) is 35.4 Å². The number of amides is 1. The summed E-state index contributed by atoms with van der Waals surface area (Å²) in [7, 11) is 0. The highest BCUT2D eigenvalue weighted by atomic mass is 32.2.